The van der Waals surface area contributed by atoms with Crippen LogP contribution in [0.25, 0.3) is 0 Å². The van der Waals surface area contributed by atoms with Crippen molar-refractivity contribution in [3.63, 3.8) is 0 Å². The molecule has 2 heterocycles. The van der Waals surface area contributed by atoms with Gasteiger partial charge in [-0.25, -0.2) is 8.78 Å². The van der Waals surface area contributed by atoms with Crippen molar-refractivity contribution in [1.29, 1.82) is 0 Å². The quantitative estimate of drug-likeness (QED) is 0.700. The average Bonchev–Trinajstić information content (AvgIpc) is 3.08. The standard InChI is InChI=1S/C13H12F2N4OS/c14-9-3-1-4-10(15)8(9)7-16-19-12(17-18-13(19)21)11-5-2-6-20-11/h1,3-4,7,11H,2,5-6H2,(H,18,21)/b16-7-/t11-/m1/s1. The highest BCUT2D eigenvalue weighted by molar-refractivity contribution is 7.71. The molecule has 3 rings (SSSR count). The molecule has 0 saturated carbocycles. The van der Waals surface area contributed by atoms with Crippen LogP contribution >= 0.6 is 12.2 Å². The predicted octanol–water partition coefficient (Wildman–Crippen LogP) is 2.95. The van der Waals surface area contributed by atoms with E-state index in [1.807, 2.05) is 0 Å². The third kappa shape index (κ3) is 2.77. The average molecular weight is 310 g/mol. The van der Waals surface area contributed by atoms with Crippen LogP contribution in [0.5, 0.6) is 0 Å². The van der Waals surface area contributed by atoms with Gasteiger partial charge in [0, 0.05) is 6.61 Å². The lowest BCUT2D eigenvalue weighted by molar-refractivity contribution is 0.102. The van der Waals surface area contributed by atoms with Gasteiger partial charge in [0.05, 0.1) is 11.8 Å². The smallest absolute Gasteiger partial charge is 0.216 e. The molecule has 5 nitrogen and oxygen atoms in total. The van der Waals surface area contributed by atoms with E-state index in [0.717, 1.165) is 19.1 Å². The van der Waals surface area contributed by atoms with Gasteiger partial charge in [-0.2, -0.15) is 14.9 Å². The molecule has 0 amide bonds. The molecule has 1 fully saturated rings. The maximum Gasteiger partial charge on any atom is 0.216 e. The Morgan fingerprint density at radius 3 is 2.86 bits per heavy atom. The molecule has 0 bridgehead atoms. The zero-order chi connectivity index (χ0) is 14.8. The van der Waals surface area contributed by atoms with E-state index >= 15 is 0 Å². The number of nitrogens with zero attached hydrogens (tertiary/aromatic N) is 3. The van der Waals surface area contributed by atoms with E-state index < -0.39 is 11.6 Å². The molecule has 1 aliphatic rings. The Labute approximate surface area is 124 Å². The number of hydrogen-bond acceptors (Lipinski definition) is 4. The molecular formula is C13H12F2N4OS. The van der Waals surface area contributed by atoms with Gasteiger partial charge in [0.1, 0.15) is 17.7 Å². The normalized spacial score (nSPS) is 18.7. The number of H-pyrrole nitrogens is 1. The van der Waals surface area contributed by atoms with Crippen molar-refractivity contribution in [2.24, 2.45) is 5.10 Å². The summed E-state index contributed by atoms with van der Waals surface area (Å²) < 4.78 is 34.2. The Balaban J connectivity index is 1.96. The molecule has 2 aromatic rings. The zero-order valence-electron chi connectivity index (χ0n) is 10.9. The van der Waals surface area contributed by atoms with Crippen LogP contribution in [0.2, 0.25) is 0 Å². The number of rotatable bonds is 3. The topological polar surface area (TPSA) is 55.2 Å². The van der Waals surface area contributed by atoms with E-state index in [1.54, 1.807) is 0 Å². The monoisotopic (exact) mass is 310 g/mol. The SMILES string of the molecule is Fc1cccc(F)c1/C=N\n1c([C@H]2CCCO2)n[nH]c1=S. The molecule has 21 heavy (non-hydrogen) atoms. The van der Waals surface area contributed by atoms with Crippen LogP contribution in [0.1, 0.15) is 30.3 Å². The molecule has 8 heteroatoms. The van der Waals surface area contributed by atoms with Crippen LogP contribution < -0.4 is 0 Å². The van der Waals surface area contributed by atoms with Crippen LogP contribution in [0.3, 0.4) is 0 Å². The summed E-state index contributed by atoms with van der Waals surface area (Å²) in [5, 5.41) is 10.7. The fourth-order valence-electron chi connectivity index (χ4n) is 2.15. The van der Waals surface area contributed by atoms with E-state index in [9.17, 15) is 8.78 Å². The van der Waals surface area contributed by atoms with E-state index in [4.69, 9.17) is 17.0 Å². The number of aromatic amines is 1. The molecule has 1 aromatic heterocycles. The predicted molar refractivity (Wildman–Crippen MR) is 74.7 cm³/mol. The third-order valence-corrected chi connectivity index (χ3v) is 3.46. The minimum atomic E-state index is -0.688. The maximum absolute atomic E-state index is 13.6. The summed E-state index contributed by atoms with van der Waals surface area (Å²) in [7, 11) is 0. The first-order valence-corrected chi connectivity index (χ1v) is 6.85. The molecular weight excluding hydrogens is 298 g/mol. The molecule has 0 aliphatic carbocycles. The summed E-state index contributed by atoms with van der Waals surface area (Å²) in [6.07, 6.45) is 2.62. The van der Waals surface area contributed by atoms with Gasteiger partial charge in [0.15, 0.2) is 5.82 Å². The van der Waals surface area contributed by atoms with Gasteiger partial charge < -0.3 is 4.74 Å². The van der Waals surface area contributed by atoms with E-state index in [2.05, 4.69) is 15.3 Å². The van der Waals surface area contributed by atoms with Crippen molar-refractivity contribution >= 4 is 18.4 Å². The lowest BCUT2D eigenvalue weighted by Crippen LogP contribution is -2.06. The number of hydrogen-bond donors (Lipinski definition) is 1. The van der Waals surface area contributed by atoms with Gasteiger partial charge in [-0.3, -0.25) is 5.10 Å². The molecule has 0 spiro atoms. The molecule has 110 valence electrons. The molecule has 0 unspecified atom stereocenters. The summed E-state index contributed by atoms with van der Waals surface area (Å²) in [5.41, 5.74) is -0.223. The lowest BCUT2D eigenvalue weighted by Gasteiger charge is -2.07. The van der Waals surface area contributed by atoms with Gasteiger partial charge >= 0.3 is 0 Å². The first-order chi connectivity index (χ1) is 10.2. The van der Waals surface area contributed by atoms with E-state index in [1.165, 1.54) is 22.9 Å². The Bertz CT molecular complexity index is 714. The number of ether oxygens (including phenoxy) is 1. The Hall–Kier alpha value is -1.93. The van der Waals surface area contributed by atoms with Gasteiger partial charge in [0.25, 0.3) is 0 Å². The number of benzene rings is 1. The second kappa shape index (κ2) is 5.82. The Morgan fingerprint density at radius 2 is 2.19 bits per heavy atom. The third-order valence-electron chi connectivity index (χ3n) is 3.20. The second-order valence-corrected chi connectivity index (χ2v) is 4.97. The van der Waals surface area contributed by atoms with Crippen LogP contribution in [0, 0.1) is 16.4 Å². The highest BCUT2D eigenvalue weighted by Gasteiger charge is 2.23. The van der Waals surface area contributed by atoms with Gasteiger partial charge in [-0.15, -0.1) is 0 Å². The first kappa shape index (κ1) is 14.0. The molecule has 1 N–H and O–H groups in total. The van der Waals surface area contributed by atoms with Crippen molar-refractivity contribution in [2.75, 3.05) is 6.61 Å². The summed E-state index contributed by atoms with van der Waals surface area (Å²) in [4.78, 5) is 0. The fraction of sp³-hybridized carbons (Fsp3) is 0.308. The summed E-state index contributed by atoms with van der Waals surface area (Å²) in [5.74, 6) is -0.870. The van der Waals surface area contributed by atoms with Gasteiger partial charge in [0.2, 0.25) is 4.77 Å². The lowest BCUT2D eigenvalue weighted by atomic mass is 10.2. The minimum Gasteiger partial charge on any atom is -0.370 e. The van der Waals surface area contributed by atoms with Crippen LogP contribution in [0.15, 0.2) is 23.3 Å². The van der Waals surface area contributed by atoms with Gasteiger partial charge in [-0.1, -0.05) is 6.07 Å². The van der Waals surface area contributed by atoms with Crippen LogP contribution in [0.4, 0.5) is 8.78 Å². The summed E-state index contributed by atoms with van der Waals surface area (Å²) in [6.45, 7) is 0.649. The Morgan fingerprint density at radius 1 is 1.43 bits per heavy atom. The van der Waals surface area contributed by atoms with Crippen LogP contribution in [-0.4, -0.2) is 27.7 Å². The first-order valence-electron chi connectivity index (χ1n) is 6.44. The maximum atomic E-state index is 13.6. The molecule has 1 atom stereocenters. The van der Waals surface area contributed by atoms with Crippen molar-refractivity contribution in [3.8, 4) is 0 Å². The molecule has 0 radical (unpaired) electrons. The minimum absolute atomic E-state index is 0.208. The number of nitrogens with one attached hydrogen (secondary N) is 1. The number of aromatic nitrogens is 3. The summed E-state index contributed by atoms with van der Waals surface area (Å²) >= 11 is 5.08. The largest absolute Gasteiger partial charge is 0.370 e. The van der Waals surface area contributed by atoms with E-state index in [0.29, 0.717) is 12.4 Å². The highest BCUT2D eigenvalue weighted by Crippen LogP contribution is 2.27. The molecule has 1 aromatic carbocycles. The molecule has 1 saturated heterocycles. The molecule has 1 aliphatic heterocycles. The van der Waals surface area contributed by atoms with Crippen molar-refractivity contribution in [3.05, 3.63) is 46.0 Å². The van der Waals surface area contributed by atoms with Crippen molar-refractivity contribution in [2.45, 2.75) is 18.9 Å². The Kier molecular flexibility index (Phi) is 3.89. The van der Waals surface area contributed by atoms with Crippen LogP contribution in [-0.2, 0) is 4.74 Å². The van der Waals surface area contributed by atoms with Crippen molar-refractivity contribution in [1.82, 2.24) is 14.9 Å². The number of halogens is 2. The summed E-state index contributed by atoms with van der Waals surface area (Å²) in [6, 6.07) is 3.63. The fourth-order valence-corrected chi connectivity index (χ4v) is 2.34. The van der Waals surface area contributed by atoms with Gasteiger partial charge in [-0.05, 0) is 37.2 Å². The second-order valence-electron chi connectivity index (χ2n) is 4.58. The highest BCUT2D eigenvalue weighted by atomic mass is 32.1. The van der Waals surface area contributed by atoms with Crippen molar-refractivity contribution < 1.29 is 13.5 Å². The van der Waals surface area contributed by atoms with E-state index in [-0.39, 0.29) is 16.4 Å². The zero-order valence-corrected chi connectivity index (χ0v) is 11.7.